The van der Waals surface area contributed by atoms with Crippen LogP contribution in [0.5, 0.6) is 0 Å². The van der Waals surface area contributed by atoms with Crippen LogP contribution in [0.2, 0.25) is 0 Å². The van der Waals surface area contributed by atoms with Gasteiger partial charge >= 0.3 is 11.0 Å². The number of hydrogen-bond acceptors (Lipinski definition) is 2. The van der Waals surface area contributed by atoms with Crippen molar-refractivity contribution in [2.45, 2.75) is 11.0 Å². The zero-order chi connectivity index (χ0) is 9.12. The van der Waals surface area contributed by atoms with Crippen LogP contribution in [-0.2, 0) is 0 Å². The van der Waals surface area contributed by atoms with Gasteiger partial charge in [0.15, 0.2) is 0 Å². The van der Waals surface area contributed by atoms with Gasteiger partial charge in [-0.05, 0) is 22.8 Å². The van der Waals surface area contributed by atoms with Gasteiger partial charge in [-0.1, -0.05) is 0 Å². The lowest BCUT2D eigenvalue weighted by atomic mass is 11.6. The molecular weight excluding hydrogens is 233 g/mol. The zero-order valence-electron chi connectivity index (χ0n) is 4.58. The highest BCUT2D eigenvalue weighted by Gasteiger charge is 2.33. The molecule has 0 saturated heterocycles. The lowest BCUT2D eigenvalue weighted by molar-refractivity contribution is -0.0313. The van der Waals surface area contributed by atoms with Crippen molar-refractivity contribution < 1.29 is 26.3 Å². The van der Waals surface area contributed by atoms with Crippen LogP contribution < -0.4 is 0 Å². The molecule has 0 aromatic heterocycles. The van der Waals surface area contributed by atoms with Gasteiger partial charge in [-0.15, -0.1) is 0 Å². The largest absolute Gasteiger partial charge is 0.446 e. The summed E-state index contributed by atoms with van der Waals surface area (Å²) in [5, 5.41) is 0. The maximum absolute atomic E-state index is 11.2. The highest BCUT2D eigenvalue weighted by atomic mass is 33.1. The summed E-state index contributed by atoms with van der Waals surface area (Å²) in [6.45, 7) is -1.28. The topological polar surface area (TPSA) is 0 Å². The van der Waals surface area contributed by atoms with Crippen LogP contribution in [0.1, 0.15) is 0 Å². The van der Waals surface area contributed by atoms with E-state index in [0.717, 1.165) is 0 Å². The van der Waals surface area contributed by atoms with Crippen LogP contribution in [-0.4, -0.2) is 11.0 Å². The third-order valence-corrected chi connectivity index (χ3v) is 4.33. The van der Waals surface area contributed by atoms with Crippen molar-refractivity contribution in [2.75, 3.05) is 0 Å². The Labute approximate surface area is 67.8 Å². The minimum Gasteiger partial charge on any atom is -0.160 e. The van der Waals surface area contributed by atoms with Crippen molar-refractivity contribution >= 4 is 29.7 Å². The molecule has 0 rings (SSSR count). The van der Waals surface area contributed by atoms with Crippen molar-refractivity contribution in [3.8, 4) is 0 Å². The molecule has 0 N–H and O–H groups in total. The van der Waals surface area contributed by atoms with E-state index in [4.69, 9.17) is 0 Å². The predicted molar refractivity (Wildman–Crippen MR) is 35.6 cm³/mol. The molecule has 0 unspecified atom stereocenters. The zero-order valence-corrected chi connectivity index (χ0v) is 7.22. The summed E-state index contributed by atoms with van der Waals surface area (Å²) in [4.78, 5) is 0. The lowest BCUT2D eigenvalue weighted by Crippen LogP contribution is -1.98. The normalized spacial score (nSPS) is 13.6. The van der Waals surface area contributed by atoms with E-state index >= 15 is 0 Å². The first kappa shape index (κ1) is 11.7. The van der Waals surface area contributed by atoms with Crippen LogP contribution in [0, 0.1) is 0 Å². The van der Waals surface area contributed by atoms with Crippen LogP contribution in [0.3, 0.4) is 0 Å². The fourth-order valence-corrected chi connectivity index (χ4v) is 3.11. The molecule has 68 valence electrons. The van der Waals surface area contributed by atoms with Crippen molar-refractivity contribution in [2.24, 2.45) is 0 Å². The Morgan fingerprint density at radius 1 is 0.727 bits per heavy atom. The molecule has 0 aromatic rings. The molecule has 0 radical (unpaired) electrons. The predicted octanol–water partition coefficient (Wildman–Crippen LogP) is 4.00. The molecule has 0 fully saturated rings. The smallest absolute Gasteiger partial charge is 0.160 e. The molecule has 0 heterocycles. The molecule has 0 aliphatic carbocycles. The molecular formula is C2HF6PS2. The second-order valence-electron chi connectivity index (χ2n) is 1.18. The van der Waals surface area contributed by atoms with E-state index in [1.54, 1.807) is 0 Å². The van der Waals surface area contributed by atoms with Gasteiger partial charge in [-0.3, -0.25) is 0 Å². The summed E-state index contributed by atoms with van der Waals surface area (Å²) in [5.74, 6) is 0. The number of halogens is 6. The highest BCUT2D eigenvalue weighted by Crippen LogP contribution is 2.57. The molecule has 9 heteroatoms. The Morgan fingerprint density at radius 3 is 1.18 bits per heavy atom. The standard InChI is InChI=1S/C2HF6PS2/c3-1(4,5)10-9-11-2(6,7)8/h9H. The van der Waals surface area contributed by atoms with E-state index < -0.39 is 40.8 Å². The maximum Gasteiger partial charge on any atom is 0.446 e. The van der Waals surface area contributed by atoms with Gasteiger partial charge in [0.25, 0.3) is 0 Å². The SMILES string of the molecule is FC(F)(F)SPSC(F)(F)F. The third-order valence-electron chi connectivity index (χ3n) is 0.315. The number of rotatable bonds is 2. The molecule has 0 aliphatic heterocycles. The summed E-state index contributed by atoms with van der Waals surface area (Å²) in [5.41, 5.74) is -9.15. The first-order chi connectivity index (χ1) is 4.71. The first-order valence-corrected chi connectivity index (χ1v) is 6.03. The Balaban J connectivity index is 3.44. The minimum atomic E-state index is -4.57. The molecule has 0 nitrogen and oxygen atoms in total. The number of hydrogen-bond donors (Lipinski definition) is 0. The molecule has 0 aromatic carbocycles. The van der Waals surface area contributed by atoms with E-state index in [0.29, 0.717) is 0 Å². The fraction of sp³-hybridized carbons (Fsp3) is 1.00. The molecule has 0 bridgehead atoms. The van der Waals surface area contributed by atoms with Gasteiger partial charge in [0.1, 0.15) is 0 Å². The van der Waals surface area contributed by atoms with E-state index in [-0.39, 0.29) is 0 Å². The molecule has 0 spiro atoms. The number of alkyl halides is 6. The summed E-state index contributed by atoms with van der Waals surface area (Å²) < 4.78 is 67.3. The van der Waals surface area contributed by atoms with Crippen LogP contribution in [0.15, 0.2) is 0 Å². The maximum atomic E-state index is 11.2. The van der Waals surface area contributed by atoms with Crippen molar-refractivity contribution in [3.63, 3.8) is 0 Å². The molecule has 0 atom stereocenters. The van der Waals surface area contributed by atoms with Gasteiger partial charge in [0.2, 0.25) is 0 Å². The summed E-state index contributed by atoms with van der Waals surface area (Å²) in [7, 11) is 0. The Bertz CT molecular complexity index is 103. The highest BCUT2D eigenvalue weighted by molar-refractivity contribution is 8.82. The monoisotopic (exact) mass is 234 g/mol. The fourth-order valence-electron chi connectivity index (χ4n) is 0.115. The van der Waals surface area contributed by atoms with Gasteiger partial charge in [-0.25, -0.2) is 0 Å². The molecule has 0 saturated carbocycles. The van der Waals surface area contributed by atoms with Gasteiger partial charge < -0.3 is 0 Å². The average Bonchev–Trinajstić information content (AvgIpc) is 1.55. The van der Waals surface area contributed by atoms with Crippen LogP contribution >= 0.6 is 29.7 Å². The van der Waals surface area contributed by atoms with Crippen LogP contribution in [0.4, 0.5) is 26.3 Å². The van der Waals surface area contributed by atoms with Crippen molar-refractivity contribution in [3.05, 3.63) is 0 Å². The molecule has 0 amide bonds. The van der Waals surface area contributed by atoms with Crippen molar-refractivity contribution in [1.82, 2.24) is 0 Å². The van der Waals surface area contributed by atoms with E-state index in [2.05, 4.69) is 0 Å². The summed E-state index contributed by atoms with van der Waals surface area (Å²) in [6, 6.07) is 0. The molecule has 11 heavy (non-hydrogen) atoms. The first-order valence-electron chi connectivity index (χ1n) is 1.95. The third kappa shape index (κ3) is 10.7. The average molecular weight is 234 g/mol. The lowest BCUT2D eigenvalue weighted by Gasteiger charge is -2.06. The van der Waals surface area contributed by atoms with E-state index in [1.165, 1.54) is 0 Å². The summed E-state index contributed by atoms with van der Waals surface area (Å²) in [6.07, 6.45) is 0. The quantitative estimate of drug-likeness (QED) is 0.523. The van der Waals surface area contributed by atoms with Gasteiger partial charge in [0.05, 0.1) is 0 Å². The Kier molecular flexibility index (Phi) is 4.36. The second kappa shape index (κ2) is 4.09. The van der Waals surface area contributed by atoms with Crippen molar-refractivity contribution in [1.29, 1.82) is 0 Å². The summed E-state index contributed by atoms with van der Waals surface area (Å²) >= 11 is -1.34. The van der Waals surface area contributed by atoms with E-state index in [9.17, 15) is 26.3 Å². The Morgan fingerprint density at radius 2 is 1.00 bits per heavy atom. The minimum absolute atomic E-state index is 0.669. The van der Waals surface area contributed by atoms with Gasteiger partial charge in [-0.2, -0.15) is 26.3 Å². The van der Waals surface area contributed by atoms with Crippen LogP contribution in [0.25, 0.3) is 0 Å². The van der Waals surface area contributed by atoms with E-state index in [1.807, 2.05) is 0 Å². The second-order valence-corrected chi connectivity index (χ2v) is 5.90. The molecule has 0 aliphatic rings. The van der Waals surface area contributed by atoms with Gasteiger partial charge in [0, 0.05) is 6.98 Å². The Hall–Kier alpha value is 0.710.